The molecule has 1 N–H and O–H groups in total. The second-order valence-electron chi connectivity index (χ2n) is 4.61. The Balaban J connectivity index is 2.07. The maximum absolute atomic E-state index is 13.7. The van der Waals surface area contributed by atoms with Gasteiger partial charge in [0.25, 0.3) is 0 Å². The Bertz CT molecular complexity index is 807. The van der Waals surface area contributed by atoms with E-state index in [1.54, 1.807) is 19.9 Å². The van der Waals surface area contributed by atoms with Crippen molar-refractivity contribution in [1.82, 2.24) is 9.97 Å². The van der Waals surface area contributed by atoms with Crippen molar-refractivity contribution in [2.24, 2.45) is 0 Å². The summed E-state index contributed by atoms with van der Waals surface area (Å²) in [5.74, 6) is -0.360. The first-order valence-electron chi connectivity index (χ1n) is 6.53. The maximum atomic E-state index is 13.7. The summed E-state index contributed by atoms with van der Waals surface area (Å²) in [5.41, 5.74) is 1.03. The molecule has 5 nitrogen and oxygen atoms in total. The molecule has 0 aliphatic rings. The number of rotatable bonds is 4. The van der Waals surface area contributed by atoms with Crippen LogP contribution in [-0.4, -0.2) is 21.6 Å². The van der Waals surface area contributed by atoms with Gasteiger partial charge in [0.2, 0.25) is 5.91 Å². The van der Waals surface area contributed by atoms with Crippen LogP contribution >= 0.6 is 27.7 Å². The SMILES string of the molecule is Cc1nc(C)c(C#N)c(SCC(=O)Nc2ccc(Br)cc2F)n1. The molecule has 0 saturated heterocycles. The number of halogens is 2. The summed E-state index contributed by atoms with van der Waals surface area (Å²) in [5, 5.41) is 12.1. The van der Waals surface area contributed by atoms with Gasteiger partial charge in [-0.3, -0.25) is 4.79 Å². The summed E-state index contributed by atoms with van der Waals surface area (Å²) in [6.07, 6.45) is 0. The van der Waals surface area contributed by atoms with E-state index in [0.29, 0.717) is 26.6 Å². The third-order valence-corrected chi connectivity index (χ3v) is 4.29. The molecule has 1 heterocycles. The summed E-state index contributed by atoms with van der Waals surface area (Å²) >= 11 is 4.27. The monoisotopic (exact) mass is 394 g/mol. The quantitative estimate of drug-likeness (QED) is 0.632. The summed E-state index contributed by atoms with van der Waals surface area (Å²) in [6, 6.07) is 6.42. The molecule has 2 rings (SSSR count). The zero-order valence-corrected chi connectivity index (χ0v) is 14.8. The zero-order valence-electron chi connectivity index (χ0n) is 12.4. The lowest BCUT2D eigenvalue weighted by Gasteiger charge is -2.08. The topological polar surface area (TPSA) is 78.7 Å². The molecule has 1 aromatic carbocycles. The Morgan fingerprint density at radius 2 is 2.17 bits per heavy atom. The number of aryl methyl sites for hydroxylation is 2. The Morgan fingerprint density at radius 1 is 1.43 bits per heavy atom. The molecular formula is C15H12BrFN4OS. The number of hydrogen-bond acceptors (Lipinski definition) is 5. The van der Waals surface area contributed by atoms with Crippen molar-refractivity contribution in [2.75, 3.05) is 11.1 Å². The predicted molar refractivity (Wildman–Crippen MR) is 89.7 cm³/mol. The second-order valence-corrected chi connectivity index (χ2v) is 6.49. The van der Waals surface area contributed by atoms with Gasteiger partial charge < -0.3 is 5.32 Å². The van der Waals surface area contributed by atoms with Crippen LogP contribution in [0.2, 0.25) is 0 Å². The highest BCUT2D eigenvalue weighted by Crippen LogP contribution is 2.23. The van der Waals surface area contributed by atoms with E-state index in [1.807, 2.05) is 6.07 Å². The average Bonchev–Trinajstić information content (AvgIpc) is 2.47. The maximum Gasteiger partial charge on any atom is 0.234 e. The molecule has 118 valence electrons. The summed E-state index contributed by atoms with van der Waals surface area (Å²) < 4.78 is 14.3. The standard InChI is InChI=1S/C15H12BrFN4OS/c1-8-11(6-18)15(20-9(2)19-8)23-7-14(22)21-13-4-3-10(16)5-12(13)17/h3-5H,7H2,1-2H3,(H,21,22). The highest BCUT2D eigenvalue weighted by atomic mass is 79.9. The van der Waals surface area contributed by atoms with Crippen molar-refractivity contribution < 1.29 is 9.18 Å². The van der Waals surface area contributed by atoms with Gasteiger partial charge in [-0.2, -0.15) is 5.26 Å². The summed E-state index contributed by atoms with van der Waals surface area (Å²) in [4.78, 5) is 20.3. The smallest absolute Gasteiger partial charge is 0.234 e. The van der Waals surface area contributed by atoms with Crippen LogP contribution < -0.4 is 5.32 Å². The van der Waals surface area contributed by atoms with Crippen LogP contribution in [0, 0.1) is 31.0 Å². The van der Waals surface area contributed by atoms with E-state index < -0.39 is 5.82 Å². The minimum Gasteiger partial charge on any atom is -0.323 e. The van der Waals surface area contributed by atoms with Crippen LogP contribution in [0.25, 0.3) is 0 Å². The van der Waals surface area contributed by atoms with Crippen LogP contribution in [0.5, 0.6) is 0 Å². The van der Waals surface area contributed by atoms with Crippen molar-refractivity contribution >= 4 is 39.3 Å². The van der Waals surface area contributed by atoms with Gasteiger partial charge in [-0.25, -0.2) is 14.4 Å². The van der Waals surface area contributed by atoms with Crippen LogP contribution in [-0.2, 0) is 4.79 Å². The van der Waals surface area contributed by atoms with E-state index in [4.69, 9.17) is 5.26 Å². The minimum atomic E-state index is -0.524. The molecule has 1 amide bonds. The first-order chi connectivity index (χ1) is 10.9. The molecule has 0 aliphatic heterocycles. The third kappa shape index (κ3) is 4.50. The fraction of sp³-hybridized carbons (Fsp3) is 0.200. The molecule has 0 unspecified atom stereocenters. The number of anilines is 1. The molecule has 8 heteroatoms. The number of carbonyl (C=O) groups is 1. The lowest BCUT2D eigenvalue weighted by Crippen LogP contribution is -2.15. The molecule has 23 heavy (non-hydrogen) atoms. The number of aromatic nitrogens is 2. The van der Waals surface area contributed by atoms with E-state index >= 15 is 0 Å². The molecule has 0 radical (unpaired) electrons. The van der Waals surface area contributed by atoms with Gasteiger partial charge in [-0.1, -0.05) is 27.7 Å². The van der Waals surface area contributed by atoms with Gasteiger partial charge in [0, 0.05) is 4.47 Å². The molecular weight excluding hydrogens is 383 g/mol. The van der Waals surface area contributed by atoms with Crippen molar-refractivity contribution in [3.8, 4) is 6.07 Å². The number of nitriles is 1. The Labute approximate surface area is 145 Å². The van der Waals surface area contributed by atoms with Crippen LogP contribution in [0.3, 0.4) is 0 Å². The lowest BCUT2D eigenvalue weighted by molar-refractivity contribution is -0.113. The molecule has 0 saturated carbocycles. The Morgan fingerprint density at radius 3 is 2.83 bits per heavy atom. The number of hydrogen-bond donors (Lipinski definition) is 1. The highest BCUT2D eigenvalue weighted by Gasteiger charge is 2.13. The van der Waals surface area contributed by atoms with Gasteiger partial charge in [-0.05, 0) is 32.0 Å². The van der Waals surface area contributed by atoms with Crippen LogP contribution in [0.4, 0.5) is 10.1 Å². The average molecular weight is 395 g/mol. The van der Waals surface area contributed by atoms with E-state index in [-0.39, 0.29) is 17.3 Å². The van der Waals surface area contributed by atoms with Crippen LogP contribution in [0.15, 0.2) is 27.7 Å². The summed E-state index contributed by atoms with van der Waals surface area (Å²) in [6.45, 7) is 3.43. The first-order valence-corrected chi connectivity index (χ1v) is 8.31. The molecule has 0 bridgehead atoms. The number of thioether (sulfide) groups is 1. The van der Waals surface area contributed by atoms with Crippen molar-refractivity contribution in [1.29, 1.82) is 5.26 Å². The minimum absolute atomic E-state index is 0.0140. The molecule has 1 aromatic heterocycles. The van der Waals surface area contributed by atoms with Crippen molar-refractivity contribution in [3.05, 3.63) is 45.6 Å². The van der Waals surface area contributed by atoms with Crippen molar-refractivity contribution in [2.45, 2.75) is 18.9 Å². The van der Waals surface area contributed by atoms with Crippen molar-refractivity contribution in [3.63, 3.8) is 0 Å². The fourth-order valence-electron chi connectivity index (χ4n) is 1.83. The normalized spacial score (nSPS) is 10.2. The van der Waals surface area contributed by atoms with Gasteiger partial charge in [-0.15, -0.1) is 0 Å². The fourth-order valence-corrected chi connectivity index (χ4v) is 3.03. The second kappa shape index (κ2) is 7.53. The van der Waals surface area contributed by atoms with E-state index in [0.717, 1.165) is 11.8 Å². The number of nitrogens with one attached hydrogen (secondary N) is 1. The van der Waals surface area contributed by atoms with E-state index in [1.165, 1.54) is 12.1 Å². The first kappa shape index (κ1) is 17.4. The van der Waals surface area contributed by atoms with Gasteiger partial charge >= 0.3 is 0 Å². The lowest BCUT2D eigenvalue weighted by atomic mass is 10.3. The Kier molecular flexibility index (Phi) is 5.69. The number of carbonyl (C=O) groups excluding carboxylic acids is 1. The van der Waals surface area contributed by atoms with Crippen LogP contribution in [0.1, 0.15) is 17.1 Å². The molecule has 0 fully saturated rings. The predicted octanol–water partition coefficient (Wildman–Crippen LogP) is 3.60. The third-order valence-electron chi connectivity index (χ3n) is 2.83. The summed E-state index contributed by atoms with van der Waals surface area (Å²) in [7, 11) is 0. The van der Waals surface area contributed by atoms with Gasteiger partial charge in [0.05, 0.1) is 17.1 Å². The molecule has 0 atom stereocenters. The largest absolute Gasteiger partial charge is 0.323 e. The highest BCUT2D eigenvalue weighted by molar-refractivity contribution is 9.10. The number of amides is 1. The Hall–Kier alpha value is -1.98. The molecule has 0 spiro atoms. The zero-order chi connectivity index (χ0) is 17.0. The number of benzene rings is 1. The van der Waals surface area contributed by atoms with E-state index in [2.05, 4.69) is 31.2 Å². The molecule has 0 aliphatic carbocycles. The van der Waals surface area contributed by atoms with Gasteiger partial charge in [0.1, 0.15) is 28.3 Å². The van der Waals surface area contributed by atoms with E-state index in [9.17, 15) is 9.18 Å². The molecule has 2 aromatic rings. The van der Waals surface area contributed by atoms with Gasteiger partial charge in [0.15, 0.2) is 0 Å². The number of nitrogens with zero attached hydrogens (tertiary/aromatic N) is 3.